The van der Waals surface area contributed by atoms with Gasteiger partial charge in [-0.3, -0.25) is 9.59 Å². The van der Waals surface area contributed by atoms with Gasteiger partial charge < -0.3 is 21.3 Å². The Hall–Kier alpha value is -2.62. The molecule has 0 atom stereocenters. The van der Waals surface area contributed by atoms with E-state index in [4.69, 9.17) is 5.73 Å². The average molecular weight is 523 g/mol. The summed E-state index contributed by atoms with van der Waals surface area (Å²) in [4.78, 5) is 29.4. The molecule has 2 aromatic rings. The largest absolute Gasteiger partial charge is 0.366 e. The number of nitrogens with zero attached hydrogens (tertiary/aromatic N) is 2. The van der Waals surface area contributed by atoms with Gasteiger partial charge in [-0.15, -0.1) is 24.0 Å². The highest BCUT2D eigenvalue weighted by atomic mass is 127. The van der Waals surface area contributed by atoms with Crippen LogP contribution >= 0.6 is 24.0 Å². The molecule has 2 aromatic carbocycles. The average Bonchev–Trinajstić information content (AvgIpc) is 2.72. The summed E-state index contributed by atoms with van der Waals surface area (Å²) in [5, 5.41) is 6.53. The van der Waals surface area contributed by atoms with Crippen LogP contribution in [0.1, 0.15) is 38.8 Å². The Morgan fingerprint density at radius 3 is 2.30 bits per heavy atom. The first-order chi connectivity index (χ1) is 13.9. The van der Waals surface area contributed by atoms with Crippen LogP contribution in [0.15, 0.2) is 53.5 Å². The molecule has 0 saturated heterocycles. The molecular weight excluding hydrogens is 493 g/mol. The van der Waals surface area contributed by atoms with Crippen molar-refractivity contribution in [1.29, 1.82) is 0 Å². The Morgan fingerprint density at radius 2 is 1.70 bits per heavy atom. The summed E-state index contributed by atoms with van der Waals surface area (Å²) >= 11 is 0. The van der Waals surface area contributed by atoms with Crippen LogP contribution < -0.4 is 16.4 Å². The summed E-state index contributed by atoms with van der Waals surface area (Å²) < 4.78 is 0. The summed E-state index contributed by atoms with van der Waals surface area (Å²) in [7, 11) is 3.49. The predicted molar refractivity (Wildman–Crippen MR) is 131 cm³/mol. The summed E-state index contributed by atoms with van der Waals surface area (Å²) in [5.41, 5.74) is 8.51. The topological polar surface area (TPSA) is 99.8 Å². The van der Waals surface area contributed by atoms with Crippen molar-refractivity contribution in [2.24, 2.45) is 10.7 Å². The van der Waals surface area contributed by atoms with Gasteiger partial charge >= 0.3 is 0 Å². The second-order valence-corrected chi connectivity index (χ2v) is 6.83. The quantitative estimate of drug-likeness (QED) is 0.281. The van der Waals surface area contributed by atoms with E-state index in [-0.39, 0.29) is 29.9 Å². The van der Waals surface area contributed by atoms with E-state index < -0.39 is 5.91 Å². The lowest BCUT2D eigenvalue weighted by Crippen LogP contribution is -2.38. The summed E-state index contributed by atoms with van der Waals surface area (Å²) in [6, 6.07) is 14.8. The first-order valence-corrected chi connectivity index (χ1v) is 9.62. The van der Waals surface area contributed by atoms with Gasteiger partial charge in [-0.1, -0.05) is 24.3 Å². The van der Waals surface area contributed by atoms with Crippen molar-refractivity contribution < 1.29 is 9.59 Å². The summed E-state index contributed by atoms with van der Waals surface area (Å²) in [6.07, 6.45) is 0.770. The van der Waals surface area contributed by atoms with Crippen LogP contribution in [0.5, 0.6) is 0 Å². The lowest BCUT2D eigenvalue weighted by molar-refractivity contribution is 0.0827. The zero-order valence-electron chi connectivity index (χ0n) is 17.6. The van der Waals surface area contributed by atoms with Crippen molar-refractivity contribution in [3.05, 3.63) is 70.8 Å². The van der Waals surface area contributed by atoms with Crippen LogP contribution in [0.4, 0.5) is 0 Å². The Labute approximate surface area is 195 Å². The molecule has 7 nitrogen and oxygen atoms in total. The van der Waals surface area contributed by atoms with E-state index in [1.165, 1.54) is 0 Å². The van der Waals surface area contributed by atoms with E-state index in [2.05, 4.69) is 15.6 Å². The second-order valence-electron chi connectivity index (χ2n) is 6.83. The Bertz CT molecular complexity index is 866. The number of nitrogens with two attached hydrogens (primary N) is 1. The van der Waals surface area contributed by atoms with Crippen LogP contribution in [-0.2, 0) is 13.0 Å². The molecule has 0 spiro atoms. The molecule has 162 valence electrons. The minimum Gasteiger partial charge on any atom is -0.366 e. The van der Waals surface area contributed by atoms with Crippen molar-refractivity contribution in [2.75, 3.05) is 27.2 Å². The molecule has 2 amide bonds. The van der Waals surface area contributed by atoms with Crippen LogP contribution in [-0.4, -0.2) is 49.9 Å². The smallest absolute Gasteiger partial charge is 0.253 e. The number of guanidine groups is 1. The van der Waals surface area contributed by atoms with Crippen LogP contribution in [0.2, 0.25) is 0 Å². The molecule has 8 heteroatoms. The molecule has 0 aromatic heterocycles. The fourth-order valence-corrected chi connectivity index (χ4v) is 2.73. The normalized spacial score (nSPS) is 10.7. The molecule has 0 aliphatic heterocycles. The first kappa shape index (κ1) is 25.4. The molecule has 0 heterocycles. The molecule has 0 aliphatic carbocycles. The number of halogens is 1. The molecule has 0 unspecified atom stereocenters. The van der Waals surface area contributed by atoms with Crippen LogP contribution in [0, 0.1) is 0 Å². The predicted octanol–water partition coefficient (Wildman–Crippen LogP) is 2.40. The number of benzene rings is 2. The van der Waals surface area contributed by atoms with E-state index in [1.54, 1.807) is 31.1 Å². The van der Waals surface area contributed by atoms with Crippen LogP contribution in [0.3, 0.4) is 0 Å². The Balaban J connectivity index is 0.00000450. The summed E-state index contributed by atoms with van der Waals surface area (Å²) in [6.45, 7) is 3.93. The van der Waals surface area contributed by atoms with Gasteiger partial charge in [-0.05, 0) is 48.7 Å². The summed E-state index contributed by atoms with van der Waals surface area (Å²) in [5.74, 6) is 0.274. The van der Waals surface area contributed by atoms with Crippen molar-refractivity contribution >= 4 is 41.8 Å². The molecule has 0 fully saturated rings. The van der Waals surface area contributed by atoms with Gasteiger partial charge in [-0.2, -0.15) is 0 Å². The third-order valence-corrected chi connectivity index (χ3v) is 4.29. The van der Waals surface area contributed by atoms with Gasteiger partial charge in [0.25, 0.3) is 5.91 Å². The number of rotatable bonds is 8. The molecule has 0 radical (unpaired) electrons. The van der Waals surface area contributed by atoms with E-state index in [0.29, 0.717) is 30.2 Å². The van der Waals surface area contributed by atoms with Gasteiger partial charge in [0.2, 0.25) is 5.91 Å². The molecule has 30 heavy (non-hydrogen) atoms. The SMILES string of the molecule is CCNC(=NCc1ccc(C(N)=O)cc1)NCCc1cccc(C(=O)N(C)C)c1.I. The molecule has 2 rings (SSSR count). The fraction of sp³-hybridized carbons (Fsp3) is 0.318. The van der Waals surface area contributed by atoms with E-state index in [9.17, 15) is 9.59 Å². The number of primary amides is 1. The van der Waals surface area contributed by atoms with Crippen molar-refractivity contribution in [3.8, 4) is 0 Å². The maximum Gasteiger partial charge on any atom is 0.253 e. The number of hydrogen-bond acceptors (Lipinski definition) is 3. The lowest BCUT2D eigenvalue weighted by atomic mass is 10.1. The monoisotopic (exact) mass is 523 g/mol. The van der Waals surface area contributed by atoms with Gasteiger partial charge in [0, 0.05) is 38.3 Å². The first-order valence-electron chi connectivity index (χ1n) is 9.62. The zero-order chi connectivity index (χ0) is 21.2. The van der Waals surface area contributed by atoms with Crippen molar-refractivity contribution in [2.45, 2.75) is 19.9 Å². The highest BCUT2D eigenvalue weighted by Gasteiger charge is 2.08. The highest BCUT2D eigenvalue weighted by Crippen LogP contribution is 2.08. The molecule has 0 saturated carbocycles. The van der Waals surface area contributed by atoms with Gasteiger partial charge in [-0.25, -0.2) is 4.99 Å². The maximum absolute atomic E-state index is 12.1. The Morgan fingerprint density at radius 1 is 1.00 bits per heavy atom. The standard InChI is InChI=1S/C22H29N5O2.HI/c1-4-24-22(26-15-17-8-10-18(11-9-17)20(23)28)25-13-12-16-6-5-7-19(14-16)21(29)27(2)3;/h5-11,14H,4,12-13,15H2,1-3H3,(H2,23,28)(H2,24,25,26);1H. The number of carbonyl (C=O) groups is 2. The lowest BCUT2D eigenvalue weighted by Gasteiger charge is -2.13. The maximum atomic E-state index is 12.1. The number of nitrogens with one attached hydrogen (secondary N) is 2. The van der Waals surface area contributed by atoms with Gasteiger partial charge in [0.15, 0.2) is 5.96 Å². The molecule has 0 bridgehead atoms. The van der Waals surface area contributed by atoms with Gasteiger partial charge in [0.05, 0.1) is 6.54 Å². The number of aliphatic imine (C=N–C) groups is 1. The molecular formula is C22H30IN5O2. The number of amides is 2. The number of hydrogen-bond donors (Lipinski definition) is 3. The Kier molecular flexibility index (Phi) is 10.9. The van der Waals surface area contributed by atoms with Crippen LogP contribution in [0.25, 0.3) is 0 Å². The highest BCUT2D eigenvalue weighted by molar-refractivity contribution is 14.0. The third-order valence-electron chi connectivity index (χ3n) is 4.29. The molecule has 4 N–H and O–H groups in total. The van der Waals surface area contributed by atoms with Crippen molar-refractivity contribution in [1.82, 2.24) is 15.5 Å². The minimum absolute atomic E-state index is 0. The van der Waals surface area contributed by atoms with Crippen molar-refractivity contribution in [3.63, 3.8) is 0 Å². The van der Waals surface area contributed by atoms with E-state index in [1.807, 2.05) is 43.3 Å². The molecule has 0 aliphatic rings. The zero-order valence-corrected chi connectivity index (χ0v) is 20.0. The third kappa shape index (κ3) is 8.02. The van der Waals surface area contributed by atoms with E-state index in [0.717, 1.165) is 24.1 Å². The van der Waals surface area contributed by atoms with Gasteiger partial charge in [0.1, 0.15) is 0 Å². The second kappa shape index (κ2) is 12.8. The number of carbonyl (C=O) groups excluding carboxylic acids is 2. The van der Waals surface area contributed by atoms with E-state index >= 15 is 0 Å². The minimum atomic E-state index is -0.439. The fourth-order valence-electron chi connectivity index (χ4n) is 2.73.